The largest absolute Gasteiger partial charge is 0.487 e. The fraction of sp³-hybridized carbons (Fsp3) is 0.214. The van der Waals surface area contributed by atoms with E-state index in [1.807, 2.05) is 67.6 Å². The third-order valence-corrected chi connectivity index (χ3v) is 7.50. The molecule has 5 nitrogen and oxygen atoms in total. The highest BCUT2D eigenvalue weighted by Gasteiger charge is 2.33. The highest BCUT2D eigenvalue weighted by molar-refractivity contribution is 9.11. The molecular formula is C28H26Br2N2O3S. The van der Waals surface area contributed by atoms with Crippen molar-refractivity contribution < 1.29 is 14.3 Å². The molecule has 1 amide bonds. The van der Waals surface area contributed by atoms with E-state index in [4.69, 9.17) is 14.5 Å². The van der Waals surface area contributed by atoms with Crippen LogP contribution < -0.4 is 4.74 Å². The predicted octanol–water partition coefficient (Wildman–Crippen LogP) is 7.74. The molecule has 0 aliphatic carbocycles. The lowest BCUT2D eigenvalue weighted by Crippen LogP contribution is -2.32. The number of ether oxygens (including phenoxy) is 2. The average Bonchev–Trinajstić information content (AvgIpc) is 3.13. The Bertz CT molecular complexity index is 1270. The van der Waals surface area contributed by atoms with Gasteiger partial charge in [0.05, 0.1) is 32.7 Å². The minimum atomic E-state index is -0.0820. The SMILES string of the molecule is CCOCCN1C(=O)/C(=C/c2cc(Br)c(OCc3cccc(C)c3)c(Br)c2)SC1=Nc1ccccc1. The van der Waals surface area contributed by atoms with Crippen molar-refractivity contribution in [3.8, 4) is 5.75 Å². The number of carbonyl (C=O) groups is 1. The summed E-state index contributed by atoms with van der Waals surface area (Å²) in [5, 5.41) is 0.647. The van der Waals surface area contributed by atoms with Crippen molar-refractivity contribution >= 4 is 66.5 Å². The zero-order chi connectivity index (χ0) is 25.5. The molecule has 1 saturated heterocycles. The maximum absolute atomic E-state index is 13.3. The Kier molecular flexibility index (Phi) is 9.42. The molecule has 0 atom stereocenters. The molecule has 36 heavy (non-hydrogen) atoms. The summed E-state index contributed by atoms with van der Waals surface area (Å²) in [6.07, 6.45) is 1.88. The van der Waals surface area contributed by atoms with Gasteiger partial charge in [0.1, 0.15) is 12.4 Å². The first-order chi connectivity index (χ1) is 17.4. The van der Waals surface area contributed by atoms with Crippen LogP contribution in [0.15, 0.2) is 85.6 Å². The first-order valence-electron chi connectivity index (χ1n) is 11.5. The molecule has 8 heteroatoms. The summed E-state index contributed by atoms with van der Waals surface area (Å²) in [6, 6.07) is 21.8. The van der Waals surface area contributed by atoms with Crippen molar-refractivity contribution in [2.24, 2.45) is 4.99 Å². The van der Waals surface area contributed by atoms with Gasteiger partial charge in [-0.1, -0.05) is 48.0 Å². The fourth-order valence-corrected chi connectivity index (χ4v) is 6.09. The first kappa shape index (κ1) is 26.7. The Morgan fingerprint density at radius 1 is 1.03 bits per heavy atom. The van der Waals surface area contributed by atoms with E-state index in [9.17, 15) is 4.79 Å². The van der Waals surface area contributed by atoms with Crippen molar-refractivity contribution in [2.75, 3.05) is 19.8 Å². The number of para-hydroxylation sites is 1. The highest BCUT2D eigenvalue weighted by Crippen LogP contribution is 2.38. The van der Waals surface area contributed by atoms with Gasteiger partial charge in [-0.05, 0) is 98.9 Å². The Labute approximate surface area is 232 Å². The van der Waals surface area contributed by atoms with E-state index in [1.54, 1.807) is 4.90 Å². The van der Waals surface area contributed by atoms with Crippen LogP contribution in [-0.2, 0) is 16.1 Å². The summed E-state index contributed by atoms with van der Waals surface area (Å²) in [5.74, 6) is 0.634. The monoisotopic (exact) mass is 628 g/mol. The molecule has 0 N–H and O–H groups in total. The Hall–Kier alpha value is -2.39. The molecule has 0 bridgehead atoms. The second-order valence-corrected chi connectivity index (χ2v) is 10.8. The van der Waals surface area contributed by atoms with Crippen molar-refractivity contribution in [1.82, 2.24) is 4.90 Å². The molecule has 0 aromatic heterocycles. The molecule has 0 spiro atoms. The highest BCUT2D eigenvalue weighted by atomic mass is 79.9. The van der Waals surface area contributed by atoms with Crippen LogP contribution in [0.1, 0.15) is 23.6 Å². The van der Waals surface area contributed by atoms with Crippen LogP contribution in [0.3, 0.4) is 0 Å². The molecule has 0 radical (unpaired) electrons. The van der Waals surface area contributed by atoms with Crippen LogP contribution in [0, 0.1) is 6.92 Å². The number of nitrogens with zero attached hydrogens (tertiary/aromatic N) is 2. The number of rotatable bonds is 9. The molecular weight excluding hydrogens is 604 g/mol. The van der Waals surface area contributed by atoms with Crippen LogP contribution in [0.4, 0.5) is 5.69 Å². The third-order valence-electron chi connectivity index (χ3n) is 5.32. The quantitative estimate of drug-likeness (QED) is 0.179. The van der Waals surface area contributed by atoms with Gasteiger partial charge >= 0.3 is 0 Å². The number of amidine groups is 1. The van der Waals surface area contributed by atoms with E-state index < -0.39 is 0 Å². The Morgan fingerprint density at radius 2 is 1.78 bits per heavy atom. The van der Waals surface area contributed by atoms with E-state index in [2.05, 4.69) is 50.9 Å². The molecule has 0 saturated carbocycles. The van der Waals surface area contributed by atoms with Gasteiger partial charge in [-0.2, -0.15) is 0 Å². The second-order valence-electron chi connectivity index (χ2n) is 8.09. The van der Waals surface area contributed by atoms with Crippen LogP contribution >= 0.6 is 43.6 Å². The summed E-state index contributed by atoms with van der Waals surface area (Å²) >= 11 is 8.64. The molecule has 1 fully saturated rings. The number of aliphatic imine (C=N–C) groups is 1. The zero-order valence-electron chi connectivity index (χ0n) is 20.0. The van der Waals surface area contributed by atoms with E-state index >= 15 is 0 Å². The number of halogens is 2. The van der Waals surface area contributed by atoms with Crippen LogP contribution in [0.5, 0.6) is 5.75 Å². The molecule has 4 rings (SSSR count). The van der Waals surface area contributed by atoms with Crippen LogP contribution in [-0.4, -0.2) is 35.7 Å². The number of hydrogen-bond acceptors (Lipinski definition) is 5. The molecule has 186 valence electrons. The van der Waals surface area contributed by atoms with Crippen molar-refractivity contribution in [3.63, 3.8) is 0 Å². The number of thioether (sulfide) groups is 1. The minimum absolute atomic E-state index is 0.0820. The van der Waals surface area contributed by atoms with Gasteiger partial charge < -0.3 is 9.47 Å². The molecule has 1 heterocycles. The lowest BCUT2D eigenvalue weighted by atomic mass is 10.1. The molecule has 1 aliphatic rings. The van der Waals surface area contributed by atoms with E-state index in [0.29, 0.717) is 42.2 Å². The van der Waals surface area contributed by atoms with Gasteiger partial charge in [-0.15, -0.1) is 0 Å². The summed E-state index contributed by atoms with van der Waals surface area (Å²) in [7, 11) is 0. The van der Waals surface area contributed by atoms with Crippen LogP contribution in [0.25, 0.3) is 6.08 Å². The van der Waals surface area contributed by atoms with E-state index in [0.717, 1.165) is 25.8 Å². The maximum atomic E-state index is 13.3. The second kappa shape index (κ2) is 12.7. The van der Waals surface area contributed by atoms with Crippen LogP contribution in [0.2, 0.25) is 0 Å². The topological polar surface area (TPSA) is 51.1 Å². The molecule has 1 aliphatic heterocycles. The normalized spacial score (nSPS) is 15.8. The lowest BCUT2D eigenvalue weighted by Gasteiger charge is -2.15. The molecule has 0 unspecified atom stereocenters. The van der Waals surface area contributed by atoms with E-state index in [-0.39, 0.29) is 5.91 Å². The lowest BCUT2D eigenvalue weighted by molar-refractivity contribution is -0.122. The maximum Gasteiger partial charge on any atom is 0.266 e. The number of hydrogen-bond donors (Lipinski definition) is 0. The van der Waals surface area contributed by atoms with Crippen molar-refractivity contribution in [2.45, 2.75) is 20.5 Å². The average molecular weight is 630 g/mol. The molecule has 3 aromatic carbocycles. The standard InChI is InChI=1S/C28H26Br2N2O3S/c1-3-34-13-12-32-27(33)25(36-28(32)31-22-10-5-4-6-11-22)17-21-15-23(29)26(24(30)16-21)35-18-20-9-7-8-19(2)14-20/h4-11,14-17H,3,12-13,18H2,1-2H3/b25-17-,31-28?. The van der Waals surface area contributed by atoms with Gasteiger partial charge in [0.2, 0.25) is 0 Å². The number of benzene rings is 3. The Morgan fingerprint density at radius 3 is 2.47 bits per heavy atom. The summed E-state index contributed by atoms with van der Waals surface area (Å²) in [5.41, 5.74) is 3.97. The third kappa shape index (κ3) is 6.88. The fourth-order valence-electron chi connectivity index (χ4n) is 3.61. The van der Waals surface area contributed by atoms with Gasteiger partial charge in [0, 0.05) is 6.61 Å². The summed E-state index contributed by atoms with van der Waals surface area (Å²) in [6.45, 7) is 5.96. The van der Waals surface area contributed by atoms with Gasteiger partial charge in [-0.3, -0.25) is 9.69 Å². The number of amides is 1. The predicted molar refractivity (Wildman–Crippen MR) is 155 cm³/mol. The Balaban J connectivity index is 1.56. The number of aryl methyl sites for hydroxylation is 1. The zero-order valence-corrected chi connectivity index (χ0v) is 24.0. The van der Waals surface area contributed by atoms with Gasteiger partial charge in [-0.25, -0.2) is 4.99 Å². The van der Waals surface area contributed by atoms with E-state index in [1.165, 1.54) is 17.3 Å². The van der Waals surface area contributed by atoms with Crippen molar-refractivity contribution in [3.05, 3.63) is 97.3 Å². The summed E-state index contributed by atoms with van der Waals surface area (Å²) < 4.78 is 13.2. The van der Waals surface area contributed by atoms with Gasteiger partial charge in [0.25, 0.3) is 5.91 Å². The summed E-state index contributed by atoms with van der Waals surface area (Å²) in [4.78, 5) is 20.3. The first-order valence-corrected chi connectivity index (χ1v) is 13.9. The van der Waals surface area contributed by atoms with Crippen molar-refractivity contribution in [1.29, 1.82) is 0 Å². The van der Waals surface area contributed by atoms with Gasteiger partial charge in [0.15, 0.2) is 5.17 Å². The minimum Gasteiger partial charge on any atom is -0.487 e. The molecule has 3 aromatic rings. The smallest absolute Gasteiger partial charge is 0.266 e. The number of carbonyl (C=O) groups excluding carboxylic acids is 1.